The van der Waals surface area contributed by atoms with E-state index in [1.165, 1.54) is 22.1 Å². The molecule has 2 heteroatoms. The summed E-state index contributed by atoms with van der Waals surface area (Å²) in [5.41, 5.74) is 14.5. The molecule has 1 aliphatic heterocycles. The van der Waals surface area contributed by atoms with E-state index >= 15 is 0 Å². The number of rotatable bonds is 6. The first-order valence-electron chi connectivity index (χ1n) is 18.4. The van der Waals surface area contributed by atoms with E-state index in [9.17, 15) is 0 Å². The number of nitrogens with zero attached hydrogens (tertiary/aromatic N) is 1. The molecule has 1 heterocycles. The third-order valence-electron chi connectivity index (χ3n) is 10.5. The fourth-order valence-corrected chi connectivity index (χ4v) is 7.93. The van der Waals surface area contributed by atoms with E-state index in [0.29, 0.717) is 0 Å². The lowest BCUT2D eigenvalue weighted by Crippen LogP contribution is -2.12. The van der Waals surface area contributed by atoms with Gasteiger partial charge in [-0.3, -0.25) is 0 Å². The summed E-state index contributed by atoms with van der Waals surface area (Å²) in [6, 6.07) is 75.7. The molecule has 9 aromatic carbocycles. The minimum Gasteiger partial charge on any atom is -0.454 e. The second-order valence-corrected chi connectivity index (χ2v) is 13.7. The molecule has 0 spiro atoms. The Bertz CT molecular complexity index is 2770. The highest BCUT2D eigenvalue weighted by molar-refractivity contribution is 6.04. The quantitative estimate of drug-likeness (QED) is 0.172. The van der Waals surface area contributed by atoms with Crippen molar-refractivity contribution in [1.82, 2.24) is 0 Å². The number of para-hydroxylation sites is 2. The number of anilines is 3. The molecule has 9 aromatic rings. The number of fused-ring (bicyclic) bond motifs is 6. The Hall–Kier alpha value is -7.16. The number of hydrogen-bond acceptors (Lipinski definition) is 2. The molecule has 0 amide bonds. The van der Waals surface area contributed by atoms with Crippen molar-refractivity contribution >= 4 is 27.8 Å². The van der Waals surface area contributed by atoms with Crippen molar-refractivity contribution in [3.63, 3.8) is 0 Å². The Labute approximate surface area is 315 Å². The molecule has 54 heavy (non-hydrogen) atoms. The third-order valence-corrected chi connectivity index (χ3v) is 10.5. The molecular weight excluding hydrogens is 655 g/mol. The van der Waals surface area contributed by atoms with Crippen molar-refractivity contribution in [2.45, 2.75) is 0 Å². The van der Waals surface area contributed by atoms with Gasteiger partial charge in [0, 0.05) is 27.9 Å². The van der Waals surface area contributed by atoms with Crippen molar-refractivity contribution in [2.24, 2.45) is 0 Å². The van der Waals surface area contributed by atoms with Crippen LogP contribution < -0.4 is 9.64 Å². The second kappa shape index (κ2) is 13.4. The Balaban J connectivity index is 1.26. The molecule has 1 aliphatic rings. The number of hydrogen-bond donors (Lipinski definition) is 0. The van der Waals surface area contributed by atoms with E-state index in [-0.39, 0.29) is 0 Å². The van der Waals surface area contributed by atoms with Gasteiger partial charge in [-0.05, 0) is 80.6 Å². The Morgan fingerprint density at radius 3 is 1.54 bits per heavy atom. The zero-order valence-corrected chi connectivity index (χ0v) is 29.6. The van der Waals surface area contributed by atoms with Gasteiger partial charge < -0.3 is 9.64 Å². The summed E-state index contributed by atoms with van der Waals surface area (Å²) < 4.78 is 7.34. The molecule has 0 fully saturated rings. The van der Waals surface area contributed by atoms with Gasteiger partial charge in [0.25, 0.3) is 0 Å². The molecule has 0 saturated carbocycles. The highest BCUT2D eigenvalue weighted by Crippen LogP contribution is 2.56. The van der Waals surface area contributed by atoms with Crippen LogP contribution >= 0.6 is 0 Å². The molecule has 10 rings (SSSR count). The zero-order valence-electron chi connectivity index (χ0n) is 29.6. The molecule has 254 valence electrons. The van der Waals surface area contributed by atoms with E-state index in [4.69, 9.17) is 4.74 Å². The zero-order chi connectivity index (χ0) is 35.8. The van der Waals surface area contributed by atoms with Gasteiger partial charge in [-0.1, -0.05) is 176 Å². The van der Waals surface area contributed by atoms with Gasteiger partial charge in [0.05, 0.1) is 11.4 Å². The maximum absolute atomic E-state index is 7.34. The lowest BCUT2D eigenvalue weighted by atomic mass is 9.87. The van der Waals surface area contributed by atoms with E-state index in [1.54, 1.807) is 0 Å². The first kappa shape index (κ1) is 31.6. The molecule has 0 atom stereocenters. The molecular formula is C52H35NO. The third kappa shape index (κ3) is 5.53. The highest BCUT2D eigenvalue weighted by atomic mass is 16.5. The maximum atomic E-state index is 7.34. The fourth-order valence-electron chi connectivity index (χ4n) is 7.93. The normalized spacial score (nSPS) is 11.5. The molecule has 0 unspecified atom stereocenters. The summed E-state index contributed by atoms with van der Waals surface area (Å²) in [4.78, 5) is 2.37. The largest absolute Gasteiger partial charge is 0.454 e. The van der Waals surface area contributed by atoms with Crippen LogP contribution in [0.4, 0.5) is 17.1 Å². The summed E-state index contributed by atoms with van der Waals surface area (Å²) in [5, 5.41) is 2.32. The van der Waals surface area contributed by atoms with Crippen molar-refractivity contribution in [3.8, 4) is 67.1 Å². The smallest absolute Gasteiger partial charge is 0.159 e. The van der Waals surface area contributed by atoms with Crippen molar-refractivity contribution in [3.05, 3.63) is 212 Å². The SMILES string of the molecule is c1ccc(-c2ccc(N(c3ccccc3-c3ccccc3)c3cccc4c3Oc3cc5ccccc5cc3-c3cccc(-c5ccccc5)c3-4)cc2)cc1. The first-order valence-corrected chi connectivity index (χ1v) is 18.4. The monoisotopic (exact) mass is 689 g/mol. The Morgan fingerprint density at radius 1 is 0.315 bits per heavy atom. The van der Waals surface area contributed by atoms with Crippen LogP contribution in [-0.4, -0.2) is 0 Å². The Kier molecular flexibility index (Phi) is 7.85. The van der Waals surface area contributed by atoms with Crippen LogP contribution in [0.3, 0.4) is 0 Å². The molecule has 0 bridgehead atoms. The summed E-state index contributed by atoms with van der Waals surface area (Å²) in [5.74, 6) is 1.65. The minimum absolute atomic E-state index is 0.811. The molecule has 0 aliphatic carbocycles. The van der Waals surface area contributed by atoms with Gasteiger partial charge in [0.1, 0.15) is 5.75 Å². The van der Waals surface area contributed by atoms with Crippen LogP contribution in [0.25, 0.3) is 66.4 Å². The first-order chi connectivity index (χ1) is 26.8. The molecule has 0 N–H and O–H groups in total. The van der Waals surface area contributed by atoms with Crippen LogP contribution in [0.5, 0.6) is 11.5 Å². The molecule has 0 radical (unpaired) electrons. The highest BCUT2D eigenvalue weighted by Gasteiger charge is 2.29. The lowest BCUT2D eigenvalue weighted by molar-refractivity contribution is 0.489. The predicted molar refractivity (Wildman–Crippen MR) is 226 cm³/mol. The Morgan fingerprint density at radius 2 is 0.815 bits per heavy atom. The summed E-state index contributed by atoms with van der Waals surface area (Å²) in [7, 11) is 0. The maximum Gasteiger partial charge on any atom is 0.159 e. The molecule has 0 aromatic heterocycles. The van der Waals surface area contributed by atoms with Gasteiger partial charge in [0.15, 0.2) is 5.75 Å². The van der Waals surface area contributed by atoms with Crippen molar-refractivity contribution in [2.75, 3.05) is 4.90 Å². The number of benzene rings is 9. The van der Waals surface area contributed by atoms with Crippen molar-refractivity contribution < 1.29 is 4.74 Å². The summed E-state index contributed by atoms with van der Waals surface area (Å²) in [6.07, 6.45) is 0. The summed E-state index contributed by atoms with van der Waals surface area (Å²) >= 11 is 0. The lowest BCUT2D eigenvalue weighted by Gasteiger charge is -2.30. The van der Waals surface area contributed by atoms with Gasteiger partial charge in [-0.15, -0.1) is 0 Å². The second-order valence-electron chi connectivity index (χ2n) is 13.7. The minimum atomic E-state index is 0.811. The van der Waals surface area contributed by atoms with Crippen LogP contribution in [-0.2, 0) is 0 Å². The predicted octanol–water partition coefficient (Wildman–Crippen LogP) is 14.8. The van der Waals surface area contributed by atoms with Crippen LogP contribution in [0.1, 0.15) is 0 Å². The van der Waals surface area contributed by atoms with Gasteiger partial charge in [0.2, 0.25) is 0 Å². The average Bonchev–Trinajstić information content (AvgIpc) is 3.39. The van der Waals surface area contributed by atoms with Crippen molar-refractivity contribution in [1.29, 1.82) is 0 Å². The van der Waals surface area contributed by atoms with Crippen LogP contribution in [0.2, 0.25) is 0 Å². The van der Waals surface area contributed by atoms with Crippen LogP contribution in [0, 0.1) is 0 Å². The molecule has 2 nitrogen and oxygen atoms in total. The average molecular weight is 690 g/mol. The van der Waals surface area contributed by atoms with E-state index in [1.807, 2.05) is 0 Å². The van der Waals surface area contributed by atoms with Gasteiger partial charge >= 0.3 is 0 Å². The number of ether oxygens (including phenoxy) is 1. The van der Waals surface area contributed by atoms with Gasteiger partial charge in [-0.2, -0.15) is 0 Å². The topological polar surface area (TPSA) is 12.5 Å². The fraction of sp³-hybridized carbons (Fsp3) is 0. The van der Waals surface area contributed by atoms with E-state index < -0.39 is 0 Å². The van der Waals surface area contributed by atoms with Gasteiger partial charge in [-0.25, -0.2) is 0 Å². The summed E-state index contributed by atoms with van der Waals surface area (Å²) in [6.45, 7) is 0. The van der Waals surface area contributed by atoms with E-state index in [0.717, 1.165) is 72.9 Å². The van der Waals surface area contributed by atoms with E-state index in [2.05, 4.69) is 217 Å². The van der Waals surface area contributed by atoms with Crippen LogP contribution in [0.15, 0.2) is 212 Å². The molecule has 0 saturated heterocycles. The standard InChI is InChI=1S/C52H35NO/c1-4-16-36(17-5-1)37-30-32-42(33-31-37)53(48-28-13-12-24-43(48)38-18-6-2-7-19-38)49-29-15-27-46-51-44(39-20-8-3-9-21-39)25-14-26-45(51)47-34-40-22-10-11-23-41(40)35-50(47)54-52(46)49/h1-35H.